The summed E-state index contributed by atoms with van der Waals surface area (Å²) in [5, 5.41) is 2.51. The third-order valence-corrected chi connectivity index (χ3v) is 3.00. The molecule has 0 spiro atoms. The lowest BCUT2D eigenvalue weighted by molar-refractivity contribution is -0.115. The number of halogens is 2. The Morgan fingerprint density at radius 3 is 2.58 bits per heavy atom. The van der Waals surface area contributed by atoms with E-state index in [0.29, 0.717) is 0 Å². The molecule has 98 valence electrons. The van der Waals surface area contributed by atoms with Gasteiger partial charge >= 0.3 is 0 Å². The van der Waals surface area contributed by atoms with Crippen LogP contribution in [0.25, 0.3) is 0 Å². The first-order valence-electron chi connectivity index (χ1n) is 5.85. The fourth-order valence-corrected chi connectivity index (χ4v) is 1.86. The Hall–Kier alpha value is -1.87. The van der Waals surface area contributed by atoms with E-state index in [9.17, 15) is 9.18 Å². The number of benzene rings is 2. The van der Waals surface area contributed by atoms with E-state index in [1.165, 1.54) is 12.1 Å². The van der Waals surface area contributed by atoms with Crippen molar-refractivity contribution in [1.82, 2.24) is 0 Å². The summed E-state index contributed by atoms with van der Waals surface area (Å²) in [5.41, 5.74) is 2.11. The zero-order valence-corrected chi connectivity index (χ0v) is 11.2. The number of aryl methyl sites for hydroxylation is 1. The molecule has 0 saturated heterocycles. The number of hydrogen-bond donors (Lipinski definition) is 1. The van der Waals surface area contributed by atoms with Gasteiger partial charge in [0, 0.05) is 0 Å². The van der Waals surface area contributed by atoms with Gasteiger partial charge in [0.2, 0.25) is 5.91 Å². The molecule has 0 saturated carbocycles. The monoisotopic (exact) mass is 277 g/mol. The third kappa shape index (κ3) is 3.55. The molecule has 2 aromatic rings. The molecule has 0 radical (unpaired) electrons. The molecular formula is C15H13ClFNO. The molecule has 0 aromatic heterocycles. The van der Waals surface area contributed by atoms with Crippen LogP contribution in [-0.2, 0) is 11.2 Å². The van der Waals surface area contributed by atoms with Crippen LogP contribution in [-0.4, -0.2) is 5.91 Å². The highest BCUT2D eigenvalue weighted by Crippen LogP contribution is 2.22. The smallest absolute Gasteiger partial charge is 0.228 e. The Balaban J connectivity index is 2.05. The van der Waals surface area contributed by atoms with Crippen molar-refractivity contribution in [1.29, 1.82) is 0 Å². The van der Waals surface area contributed by atoms with Gasteiger partial charge in [0.25, 0.3) is 0 Å². The maximum Gasteiger partial charge on any atom is 0.228 e. The Kier molecular flexibility index (Phi) is 4.17. The minimum absolute atomic E-state index is 0.00636. The summed E-state index contributed by atoms with van der Waals surface area (Å²) in [7, 11) is 0. The maximum absolute atomic E-state index is 13.6. The zero-order valence-electron chi connectivity index (χ0n) is 10.4. The molecule has 0 fully saturated rings. The van der Waals surface area contributed by atoms with Gasteiger partial charge in [-0.3, -0.25) is 4.79 Å². The average Bonchev–Trinajstić information content (AvgIpc) is 2.38. The predicted octanol–water partition coefficient (Wildman–Crippen LogP) is 3.97. The second-order valence-corrected chi connectivity index (χ2v) is 4.72. The van der Waals surface area contributed by atoms with E-state index < -0.39 is 5.82 Å². The molecule has 0 atom stereocenters. The Bertz CT molecular complexity index is 596. The molecule has 2 aromatic carbocycles. The maximum atomic E-state index is 13.6. The molecule has 0 aliphatic rings. The molecule has 2 nitrogen and oxygen atoms in total. The van der Waals surface area contributed by atoms with Crippen LogP contribution in [0.3, 0.4) is 0 Å². The SMILES string of the molecule is Cc1ccc(CC(=O)Nc2cccc(Cl)c2F)cc1. The highest BCUT2D eigenvalue weighted by atomic mass is 35.5. The molecule has 19 heavy (non-hydrogen) atoms. The lowest BCUT2D eigenvalue weighted by Gasteiger charge is -2.07. The van der Waals surface area contributed by atoms with E-state index in [2.05, 4.69) is 5.32 Å². The van der Waals surface area contributed by atoms with Gasteiger partial charge in [-0.2, -0.15) is 0 Å². The molecule has 0 aliphatic carbocycles. The van der Waals surface area contributed by atoms with Crippen molar-refractivity contribution in [3.63, 3.8) is 0 Å². The second-order valence-electron chi connectivity index (χ2n) is 4.31. The number of carbonyl (C=O) groups excluding carboxylic acids is 1. The van der Waals surface area contributed by atoms with E-state index in [-0.39, 0.29) is 23.0 Å². The van der Waals surface area contributed by atoms with Crippen molar-refractivity contribution in [2.24, 2.45) is 0 Å². The predicted molar refractivity (Wildman–Crippen MR) is 74.9 cm³/mol. The van der Waals surface area contributed by atoms with E-state index in [1.807, 2.05) is 31.2 Å². The van der Waals surface area contributed by atoms with Crippen LogP contribution in [0, 0.1) is 12.7 Å². The minimum Gasteiger partial charge on any atom is -0.323 e. The fraction of sp³-hybridized carbons (Fsp3) is 0.133. The van der Waals surface area contributed by atoms with Crippen molar-refractivity contribution in [3.05, 3.63) is 64.4 Å². The van der Waals surface area contributed by atoms with Crippen LogP contribution in [0.15, 0.2) is 42.5 Å². The lowest BCUT2D eigenvalue weighted by atomic mass is 10.1. The van der Waals surface area contributed by atoms with Gasteiger partial charge in [0.05, 0.1) is 17.1 Å². The first-order valence-corrected chi connectivity index (χ1v) is 6.23. The first-order chi connectivity index (χ1) is 9.06. The topological polar surface area (TPSA) is 29.1 Å². The Morgan fingerprint density at radius 1 is 1.21 bits per heavy atom. The number of rotatable bonds is 3. The highest BCUT2D eigenvalue weighted by molar-refractivity contribution is 6.31. The van der Waals surface area contributed by atoms with Crippen LogP contribution in [0.2, 0.25) is 5.02 Å². The molecular weight excluding hydrogens is 265 g/mol. The number of carbonyl (C=O) groups is 1. The standard InChI is InChI=1S/C15H13ClFNO/c1-10-5-7-11(8-6-10)9-14(19)18-13-4-2-3-12(16)15(13)17/h2-8H,9H2,1H3,(H,18,19). The van der Waals surface area contributed by atoms with E-state index >= 15 is 0 Å². The molecule has 2 rings (SSSR count). The Morgan fingerprint density at radius 2 is 1.89 bits per heavy atom. The molecule has 0 heterocycles. The van der Waals surface area contributed by atoms with Crippen LogP contribution in [0.4, 0.5) is 10.1 Å². The van der Waals surface area contributed by atoms with E-state index in [1.54, 1.807) is 6.07 Å². The van der Waals surface area contributed by atoms with Crippen LogP contribution < -0.4 is 5.32 Å². The molecule has 0 unspecified atom stereocenters. The second kappa shape index (κ2) is 5.85. The summed E-state index contributed by atoms with van der Waals surface area (Å²) < 4.78 is 13.6. The summed E-state index contributed by atoms with van der Waals surface area (Å²) in [6.07, 6.45) is 0.201. The normalized spacial score (nSPS) is 10.3. The lowest BCUT2D eigenvalue weighted by Crippen LogP contribution is -2.15. The van der Waals surface area contributed by atoms with Gasteiger partial charge in [-0.15, -0.1) is 0 Å². The molecule has 0 bridgehead atoms. The van der Waals surface area contributed by atoms with Gasteiger partial charge in [-0.25, -0.2) is 4.39 Å². The number of hydrogen-bond acceptors (Lipinski definition) is 1. The largest absolute Gasteiger partial charge is 0.323 e. The minimum atomic E-state index is -0.610. The van der Waals surface area contributed by atoms with Crippen LogP contribution >= 0.6 is 11.6 Å². The summed E-state index contributed by atoms with van der Waals surface area (Å²) in [6.45, 7) is 1.98. The van der Waals surface area contributed by atoms with Gasteiger partial charge in [0.15, 0.2) is 5.82 Å². The van der Waals surface area contributed by atoms with Gasteiger partial charge in [-0.1, -0.05) is 47.5 Å². The molecule has 0 aliphatic heterocycles. The first kappa shape index (κ1) is 13.6. The Labute approximate surface area is 116 Å². The van der Waals surface area contributed by atoms with Crippen molar-refractivity contribution >= 4 is 23.2 Å². The van der Waals surface area contributed by atoms with Crippen molar-refractivity contribution in [2.45, 2.75) is 13.3 Å². The fourth-order valence-electron chi connectivity index (χ4n) is 1.69. The quantitative estimate of drug-likeness (QED) is 0.904. The zero-order chi connectivity index (χ0) is 13.8. The highest BCUT2D eigenvalue weighted by Gasteiger charge is 2.10. The van der Waals surface area contributed by atoms with E-state index in [0.717, 1.165) is 11.1 Å². The summed E-state index contributed by atoms with van der Waals surface area (Å²) in [5.74, 6) is -0.883. The summed E-state index contributed by atoms with van der Waals surface area (Å²) >= 11 is 5.65. The van der Waals surface area contributed by atoms with E-state index in [4.69, 9.17) is 11.6 Å². The van der Waals surface area contributed by atoms with Gasteiger partial charge < -0.3 is 5.32 Å². The average molecular weight is 278 g/mol. The van der Waals surface area contributed by atoms with Crippen molar-refractivity contribution < 1.29 is 9.18 Å². The number of nitrogens with one attached hydrogen (secondary N) is 1. The van der Waals surface area contributed by atoms with Crippen molar-refractivity contribution in [3.8, 4) is 0 Å². The third-order valence-electron chi connectivity index (χ3n) is 2.71. The number of anilines is 1. The number of amides is 1. The summed E-state index contributed by atoms with van der Waals surface area (Å²) in [6, 6.07) is 12.1. The summed E-state index contributed by atoms with van der Waals surface area (Å²) in [4.78, 5) is 11.8. The van der Waals surface area contributed by atoms with Crippen LogP contribution in [0.1, 0.15) is 11.1 Å². The molecule has 1 amide bonds. The molecule has 1 N–H and O–H groups in total. The van der Waals surface area contributed by atoms with Crippen molar-refractivity contribution in [2.75, 3.05) is 5.32 Å². The molecule has 4 heteroatoms. The van der Waals surface area contributed by atoms with Gasteiger partial charge in [-0.05, 0) is 24.6 Å². The van der Waals surface area contributed by atoms with Gasteiger partial charge in [0.1, 0.15) is 0 Å². The van der Waals surface area contributed by atoms with Crippen LogP contribution in [0.5, 0.6) is 0 Å².